The first-order valence-electron chi connectivity index (χ1n) is 6.46. The van der Waals surface area contributed by atoms with E-state index in [9.17, 15) is 4.79 Å². The first kappa shape index (κ1) is 15.8. The standard InChI is InChI=1S/C14H21ClN2O2/c1-11(2)10-19-9-5-8-16-14(18)17-13-7-4-3-6-12(13)15/h3-4,6-7,11H,5,8-10H2,1-2H3,(H2,16,17,18). The van der Waals surface area contributed by atoms with Crippen LogP contribution in [0.15, 0.2) is 24.3 Å². The monoisotopic (exact) mass is 284 g/mol. The number of rotatable bonds is 7. The number of benzene rings is 1. The van der Waals surface area contributed by atoms with Crippen molar-refractivity contribution in [3.63, 3.8) is 0 Å². The predicted octanol–water partition coefficient (Wildman–Crippen LogP) is 3.52. The summed E-state index contributed by atoms with van der Waals surface area (Å²) in [7, 11) is 0. The molecule has 0 bridgehead atoms. The second-order valence-electron chi connectivity index (χ2n) is 4.68. The predicted molar refractivity (Wildman–Crippen MR) is 78.7 cm³/mol. The molecule has 0 aliphatic heterocycles. The minimum atomic E-state index is -0.253. The van der Waals surface area contributed by atoms with Gasteiger partial charge in [0.2, 0.25) is 0 Å². The molecule has 1 aromatic rings. The van der Waals surface area contributed by atoms with Crippen molar-refractivity contribution >= 4 is 23.3 Å². The number of urea groups is 1. The number of hydrogen-bond acceptors (Lipinski definition) is 2. The average Bonchev–Trinajstić information content (AvgIpc) is 2.36. The van der Waals surface area contributed by atoms with Gasteiger partial charge in [-0.05, 0) is 24.5 Å². The van der Waals surface area contributed by atoms with E-state index in [4.69, 9.17) is 16.3 Å². The van der Waals surface area contributed by atoms with Crippen molar-refractivity contribution in [3.8, 4) is 0 Å². The zero-order valence-electron chi connectivity index (χ0n) is 11.4. The Morgan fingerprint density at radius 1 is 1.37 bits per heavy atom. The van der Waals surface area contributed by atoms with Crippen LogP contribution in [0.4, 0.5) is 10.5 Å². The molecular weight excluding hydrogens is 264 g/mol. The van der Waals surface area contributed by atoms with E-state index in [2.05, 4.69) is 24.5 Å². The van der Waals surface area contributed by atoms with Crippen LogP contribution in [-0.2, 0) is 4.74 Å². The molecule has 1 rings (SSSR count). The summed E-state index contributed by atoms with van der Waals surface area (Å²) in [6.07, 6.45) is 0.794. The van der Waals surface area contributed by atoms with Crippen LogP contribution >= 0.6 is 11.6 Å². The van der Waals surface area contributed by atoms with Gasteiger partial charge in [0.15, 0.2) is 0 Å². The van der Waals surface area contributed by atoms with Gasteiger partial charge in [-0.3, -0.25) is 0 Å². The Kier molecular flexibility index (Phi) is 7.30. The van der Waals surface area contributed by atoms with Crippen LogP contribution in [0.1, 0.15) is 20.3 Å². The SMILES string of the molecule is CC(C)COCCCNC(=O)Nc1ccccc1Cl. The molecule has 0 atom stereocenters. The summed E-state index contributed by atoms with van der Waals surface area (Å²) in [5, 5.41) is 5.98. The molecule has 0 heterocycles. The van der Waals surface area contributed by atoms with Crippen molar-refractivity contribution in [2.45, 2.75) is 20.3 Å². The molecule has 0 saturated heterocycles. The van der Waals surface area contributed by atoms with Crippen molar-refractivity contribution in [1.29, 1.82) is 0 Å². The van der Waals surface area contributed by atoms with Gasteiger partial charge in [-0.1, -0.05) is 37.6 Å². The molecule has 0 aromatic heterocycles. The van der Waals surface area contributed by atoms with Crippen molar-refractivity contribution in [3.05, 3.63) is 29.3 Å². The highest BCUT2D eigenvalue weighted by Crippen LogP contribution is 2.19. The van der Waals surface area contributed by atoms with E-state index in [1.54, 1.807) is 12.1 Å². The maximum Gasteiger partial charge on any atom is 0.319 e. The highest BCUT2D eigenvalue weighted by Gasteiger charge is 2.03. The lowest BCUT2D eigenvalue weighted by Crippen LogP contribution is -2.30. The summed E-state index contributed by atoms with van der Waals surface area (Å²) < 4.78 is 5.42. The minimum Gasteiger partial charge on any atom is -0.381 e. The fraction of sp³-hybridized carbons (Fsp3) is 0.500. The Labute approximate surface area is 119 Å². The number of halogens is 1. The number of carbonyl (C=O) groups is 1. The summed E-state index contributed by atoms with van der Waals surface area (Å²) in [6, 6.07) is 6.88. The van der Waals surface area contributed by atoms with Crippen LogP contribution in [0.25, 0.3) is 0 Å². The number of amides is 2. The Balaban J connectivity index is 2.13. The largest absolute Gasteiger partial charge is 0.381 e. The van der Waals surface area contributed by atoms with E-state index in [1.165, 1.54) is 0 Å². The maximum atomic E-state index is 11.6. The Morgan fingerprint density at radius 2 is 2.11 bits per heavy atom. The number of carbonyl (C=O) groups excluding carboxylic acids is 1. The smallest absolute Gasteiger partial charge is 0.319 e. The van der Waals surface area contributed by atoms with Crippen molar-refractivity contribution in [2.24, 2.45) is 5.92 Å². The third-order valence-electron chi connectivity index (χ3n) is 2.32. The number of ether oxygens (including phenoxy) is 1. The van der Waals surface area contributed by atoms with Gasteiger partial charge >= 0.3 is 6.03 Å². The van der Waals surface area contributed by atoms with Crippen LogP contribution in [0, 0.1) is 5.92 Å². The molecule has 2 N–H and O–H groups in total. The first-order chi connectivity index (χ1) is 9.09. The normalized spacial score (nSPS) is 10.5. The molecule has 19 heavy (non-hydrogen) atoms. The molecule has 0 aliphatic carbocycles. The zero-order valence-corrected chi connectivity index (χ0v) is 12.2. The van der Waals surface area contributed by atoms with E-state index in [0.717, 1.165) is 13.0 Å². The van der Waals surface area contributed by atoms with Gasteiger partial charge < -0.3 is 15.4 Å². The molecule has 2 amide bonds. The van der Waals surface area contributed by atoms with E-state index in [-0.39, 0.29) is 6.03 Å². The molecule has 0 spiro atoms. The minimum absolute atomic E-state index is 0.253. The van der Waals surface area contributed by atoms with Gasteiger partial charge in [-0.25, -0.2) is 4.79 Å². The highest BCUT2D eigenvalue weighted by atomic mass is 35.5. The number of hydrogen-bond donors (Lipinski definition) is 2. The third-order valence-corrected chi connectivity index (χ3v) is 2.65. The van der Waals surface area contributed by atoms with Gasteiger partial charge in [0.25, 0.3) is 0 Å². The van der Waals surface area contributed by atoms with Gasteiger partial charge in [0, 0.05) is 19.8 Å². The molecule has 0 aliphatic rings. The van der Waals surface area contributed by atoms with Crippen LogP contribution in [0.2, 0.25) is 5.02 Å². The van der Waals surface area contributed by atoms with Crippen LogP contribution in [0.3, 0.4) is 0 Å². The van der Waals surface area contributed by atoms with Crippen LogP contribution in [0.5, 0.6) is 0 Å². The van der Waals surface area contributed by atoms with E-state index in [1.807, 2.05) is 12.1 Å². The lowest BCUT2D eigenvalue weighted by Gasteiger charge is -2.09. The van der Waals surface area contributed by atoms with Gasteiger partial charge in [-0.2, -0.15) is 0 Å². The summed E-state index contributed by atoms with van der Waals surface area (Å²) in [5.41, 5.74) is 0.609. The van der Waals surface area contributed by atoms with Crippen molar-refractivity contribution in [2.75, 3.05) is 25.1 Å². The van der Waals surface area contributed by atoms with Crippen molar-refractivity contribution in [1.82, 2.24) is 5.32 Å². The number of para-hydroxylation sites is 1. The topological polar surface area (TPSA) is 50.4 Å². The summed E-state index contributed by atoms with van der Waals surface area (Å²) in [6.45, 7) is 6.20. The average molecular weight is 285 g/mol. The molecule has 1 aromatic carbocycles. The molecule has 106 valence electrons. The van der Waals surface area contributed by atoms with E-state index >= 15 is 0 Å². The van der Waals surface area contributed by atoms with E-state index in [0.29, 0.717) is 29.8 Å². The molecule has 4 nitrogen and oxygen atoms in total. The molecule has 0 fully saturated rings. The molecule has 0 unspecified atom stereocenters. The second-order valence-corrected chi connectivity index (χ2v) is 5.09. The maximum absolute atomic E-state index is 11.6. The van der Waals surface area contributed by atoms with Crippen molar-refractivity contribution < 1.29 is 9.53 Å². The van der Waals surface area contributed by atoms with Gasteiger partial charge in [0.05, 0.1) is 10.7 Å². The Morgan fingerprint density at radius 3 is 2.79 bits per heavy atom. The number of nitrogens with one attached hydrogen (secondary N) is 2. The van der Waals surface area contributed by atoms with Crippen LogP contribution in [-0.4, -0.2) is 25.8 Å². The highest BCUT2D eigenvalue weighted by molar-refractivity contribution is 6.33. The fourth-order valence-corrected chi connectivity index (χ4v) is 1.61. The zero-order chi connectivity index (χ0) is 14.1. The number of anilines is 1. The summed E-state index contributed by atoms with van der Waals surface area (Å²) in [5.74, 6) is 0.538. The van der Waals surface area contributed by atoms with E-state index < -0.39 is 0 Å². The van der Waals surface area contributed by atoms with Gasteiger partial charge in [-0.15, -0.1) is 0 Å². The second kappa shape index (κ2) is 8.77. The first-order valence-corrected chi connectivity index (χ1v) is 6.84. The summed E-state index contributed by atoms with van der Waals surface area (Å²) >= 11 is 5.94. The quantitative estimate of drug-likeness (QED) is 0.753. The Hall–Kier alpha value is -1.26. The fourth-order valence-electron chi connectivity index (χ4n) is 1.42. The van der Waals surface area contributed by atoms with Gasteiger partial charge in [0.1, 0.15) is 0 Å². The molecule has 5 heteroatoms. The third kappa shape index (κ3) is 7.03. The van der Waals surface area contributed by atoms with Crippen LogP contribution < -0.4 is 10.6 Å². The molecule has 0 radical (unpaired) electrons. The molecule has 0 saturated carbocycles. The summed E-state index contributed by atoms with van der Waals surface area (Å²) in [4.78, 5) is 11.6. The lowest BCUT2D eigenvalue weighted by atomic mass is 10.2. The molecular formula is C14H21ClN2O2. The Bertz CT molecular complexity index is 397. The lowest BCUT2D eigenvalue weighted by molar-refractivity contribution is 0.108.